The molecule has 1 aliphatic heterocycles. The number of hydrogen-bond donors (Lipinski definition) is 0. The largest absolute Gasteiger partial charge is 0.417 e. The van der Waals surface area contributed by atoms with Gasteiger partial charge < -0.3 is 4.90 Å². The Balaban J connectivity index is 1.57. The van der Waals surface area contributed by atoms with Gasteiger partial charge in [0.2, 0.25) is 0 Å². The zero-order chi connectivity index (χ0) is 24.3. The number of pyridine rings is 1. The van der Waals surface area contributed by atoms with Gasteiger partial charge in [-0.25, -0.2) is 9.97 Å². The first-order valence-corrected chi connectivity index (χ1v) is 11.5. The minimum atomic E-state index is -4.40. The second-order valence-corrected chi connectivity index (χ2v) is 8.83. The van der Waals surface area contributed by atoms with Crippen molar-refractivity contribution in [2.45, 2.75) is 51.7 Å². The van der Waals surface area contributed by atoms with E-state index in [2.05, 4.69) is 21.9 Å². The highest BCUT2D eigenvalue weighted by molar-refractivity contribution is 6.01. The molecule has 4 rings (SSSR count). The summed E-state index contributed by atoms with van der Waals surface area (Å²) in [5.41, 5.74) is 2.06. The van der Waals surface area contributed by atoms with Crippen molar-refractivity contribution >= 4 is 5.91 Å². The van der Waals surface area contributed by atoms with E-state index in [0.717, 1.165) is 36.2 Å². The van der Waals surface area contributed by atoms with Gasteiger partial charge in [-0.15, -0.1) is 0 Å². The monoisotopic (exact) mass is 468 g/mol. The number of carbonyl (C=O) groups excluding carboxylic acids is 1. The Hall–Kier alpha value is -3.29. The Morgan fingerprint density at radius 1 is 1.09 bits per heavy atom. The molecule has 5 nitrogen and oxygen atoms in total. The molecule has 0 aliphatic carbocycles. The molecule has 2 aromatic heterocycles. The minimum Gasteiger partial charge on any atom is -0.335 e. The van der Waals surface area contributed by atoms with Gasteiger partial charge in [0.25, 0.3) is 5.91 Å². The Bertz CT molecular complexity index is 1130. The van der Waals surface area contributed by atoms with Crippen molar-refractivity contribution in [2.24, 2.45) is 5.92 Å². The van der Waals surface area contributed by atoms with Crippen molar-refractivity contribution < 1.29 is 18.0 Å². The highest BCUT2D eigenvalue weighted by atomic mass is 19.4. The second kappa shape index (κ2) is 9.91. The Morgan fingerprint density at radius 2 is 1.85 bits per heavy atom. The fourth-order valence-corrected chi connectivity index (χ4v) is 4.70. The summed E-state index contributed by atoms with van der Waals surface area (Å²) in [6.45, 7) is 4.70. The zero-order valence-corrected chi connectivity index (χ0v) is 19.2. The third kappa shape index (κ3) is 5.11. The van der Waals surface area contributed by atoms with Gasteiger partial charge in [-0.3, -0.25) is 9.78 Å². The number of likely N-dealkylation sites (tertiary alicyclic amines) is 1. The lowest BCUT2D eigenvalue weighted by Crippen LogP contribution is -2.48. The first-order chi connectivity index (χ1) is 16.3. The number of aromatic nitrogens is 3. The molecule has 0 unspecified atom stereocenters. The third-order valence-corrected chi connectivity index (χ3v) is 6.52. The van der Waals surface area contributed by atoms with Gasteiger partial charge in [0.05, 0.1) is 11.1 Å². The molecule has 1 amide bonds. The number of halogens is 3. The molecule has 1 saturated heterocycles. The Labute approximate surface area is 197 Å². The molecule has 1 aromatic carbocycles. The van der Waals surface area contributed by atoms with Gasteiger partial charge in [0.15, 0.2) is 5.82 Å². The van der Waals surface area contributed by atoms with Crippen molar-refractivity contribution in [1.82, 2.24) is 19.9 Å². The average Bonchev–Trinajstić information content (AvgIpc) is 2.83. The molecule has 0 saturated carbocycles. The summed E-state index contributed by atoms with van der Waals surface area (Å²) in [6.07, 6.45) is 2.83. The molecule has 178 valence electrons. The molecule has 1 fully saturated rings. The highest BCUT2D eigenvalue weighted by Crippen LogP contribution is 2.32. The lowest BCUT2D eigenvalue weighted by Gasteiger charge is -2.40. The van der Waals surface area contributed by atoms with Gasteiger partial charge in [-0.2, -0.15) is 13.2 Å². The van der Waals surface area contributed by atoms with Crippen LogP contribution in [0.3, 0.4) is 0 Å². The number of rotatable bonds is 5. The fraction of sp³-hybridized carbons (Fsp3) is 0.385. The maximum atomic E-state index is 13.8. The van der Waals surface area contributed by atoms with Gasteiger partial charge >= 0.3 is 6.18 Å². The maximum Gasteiger partial charge on any atom is 0.417 e. The minimum absolute atomic E-state index is 0.0320. The molecule has 3 heterocycles. The van der Waals surface area contributed by atoms with Crippen LogP contribution in [0.25, 0.3) is 11.4 Å². The van der Waals surface area contributed by atoms with E-state index in [1.807, 2.05) is 30.0 Å². The summed E-state index contributed by atoms with van der Waals surface area (Å²) in [6, 6.07) is 9.81. The number of alkyl halides is 3. The highest BCUT2D eigenvalue weighted by Gasteiger charge is 2.34. The molecule has 3 aromatic rings. The van der Waals surface area contributed by atoms with Crippen LogP contribution < -0.4 is 0 Å². The van der Waals surface area contributed by atoms with Gasteiger partial charge in [-0.05, 0) is 68.4 Å². The van der Waals surface area contributed by atoms with E-state index in [9.17, 15) is 18.0 Å². The molecule has 0 bridgehead atoms. The van der Waals surface area contributed by atoms with Crippen molar-refractivity contribution in [2.75, 3.05) is 6.54 Å². The summed E-state index contributed by atoms with van der Waals surface area (Å²) >= 11 is 0. The number of nitrogens with zero attached hydrogens (tertiary/aromatic N) is 4. The molecule has 1 aliphatic rings. The predicted octanol–water partition coefficient (Wildman–Crippen LogP) is 5.74. The molecule has 8 heteroatoms. The molecular weight excluding hydrogens is 441 g/mol. The van der Waals surface area contributed by atoms with Crippen molar-refractivity contribution in [3.05, 3.63) is 77.4 Å². The first-order valence-electron chi connectivity index (χ1n) is 11.5. The Morgan fingerprint density at radius 3 is 2.53 bits per heavy atom. The normalized spacial score (nSPS) is 18.7. The van der Waals surface area contributed by atoms with Gasteiger partial charge in [0, 0.05) is 42.4 Å². The van der Waals surface area contributed by atoms with Gasteiger partial charge in [0.1, 0.15) is 0 Å². The van der Waals surface area contributed by atoms with E-state index in [1.54, 1.807) is 18.5 Å². The van der Waals surface area contributed by atoms with E-state index in [0.29, 0.717) is 36.5 Å². The second-order valence-electron chi connectivity index (χ2n) is 8.83. The van der Waals surface area contributed by atoms with Crippen LogP contribution >= 0.6 is 0 Å². The number of amides is 1. The molecule has 0 spiro atoms. The number of benzene rings is 1. The van der Waals surface area contributed by atoms with Crippen LogP contribution in [0.2, 0.25) is 0 Å². The lowest BCUT2D eigenvalue weighted by molar-refractivity contribution is -0.137. The van der Waals surface area contributed by atoms with Gasteiger partial charge in [-0.1, -0.05) is 19.1 Å². The number of hydrogen-bond acceptors (Lipinski definition) is 4. The zero-order valence-electron chi connectivity index (χ0n) is 19.2. The lowest BCUT2D eigenvalue weighted by atomic mass is 9.86. The van der Waals surface area contributed by atoms with Crippen molar-refractivity contribution in [3.8, 4) is 11.4 Å². The number of piperidine rings is 1. The van der Waals surface area contributed by atoms with E-state index in [1.165, 1.54) is 6.07 Å². The van der Waals surface area contributed by atoms with Crippen LogP contribution in [0.1, 0.15) is 53.4 Å². The predicted molar refractivity (Wildman–Crippen MR) is 123 cm³/mol. The van der Waals surface area contributed by atoms with Crippen molar-refractivity contribution in [1.29, 1.82) is 0 Å². The third-order valence-electron chi connectivity index (χ3n) is 6.52. The van der Waals surface area contributed by atoms with Crippen LogP contribution in [0.15, 0.2) is 55.0 Å². The van der Waals surface area contributed by atoms with E-state index < -0.39 is 11.7 Å². The summed E-state index contributed by atoms with van der Waals surface area (Å²) in [5.74, 6) is 0.718. The van der Waals surface area contributed by atoms with E-state index >= 15 is 0 Å². The van der Waals surface area contributed by atoms with Crippen LogP contribution in [-0.4, -0.2) is 38.3 Å². The van der Waals surface area contributed by atoms with Crippen LogP contribution in [0, 0.1) is 12.8 Å². The molecule has 2 atom stereocenters. The standard InChI is InChI=1S/C26H27F3N4O/c1-17-7-4-15-33(22(17)12-11-20-10-9-19(16-32-20)26(27,28)29)25(34)21-8-3-6-18(2)23(21)24-30-13-5-14-31-24/h3,5-6,8-10,13-14,16-17,22H,4,7,11-12,15H2,1-2H3/t17-,22-/m1/s1. The molecule has 0 radical (unpaired) electrons. The van der Waals surface area contributed by atoms with E-state index in [4.69, 9.17) is 0 Å². The SMILES string of the molecule is Cc1cccc(C(=O)N2CCC[C@@H](C)[C@H]2CCc2ccc(C(F)(F)F)cn2)c1-c1ncccn1. The summed E-state index contributed by atoms with van der Waals surface area (Å²) in [4.78, 5) is 28.4. The average molecular weight is 469 g/mol. The molecule has 34 heavy (non-hydrogen) atoms. The number of aryl methyl sites for hydroxylation is 2. The van der Waals surface area contributed by atoms with E-state index in [-0.39, 0.29) is 17.9 Å². The smallest absolute Gasteiger partial charge is 0.335 e. The maximum absolute atomic E-state index is 13.8. The Kier molecular flexibility index (Phi) is 6.95. The summed E-state index contributed by atoms with van der Waals surface area (Å²) in [5, 5.41) is 0. The molecular formula is C26H27F3N4O. The molecule has 0 N–H and O–H groups in total. The van der Waals surface area contributed by atoms with Crippen molar-refractivity contribution in [3.63, 3.8) is 0 Å². The summed E-state index contributed by atoms with van der Waals surface area (Å²) in [7, 11) is 0. The van der Waals surface area contributed by atoms with Crippen LogP contribution in [0.5, 0.6) is 0 Å². The fourth-order valence-electron chi connectivity index (χ4n) is 4.70. The topological polar surface area (TPSA) is 59.0 Å². The quantitative estimate of drug-likeness (QED) is 0.479. The van der Waals surface area contributed by atoms with Crippen LogP contribution in [-0.2, 0) is 12.6 Å². The summed E-state index contributed by atoms with van der Waals surface area (Å²) < 4.78 is 38.5. The van der Waals surface area contributed by atoms with Crippen LogP contribution in [0.4, 0.5) is 13.2 Å². The number of carbonyl (C=O) groups is 1. The first kappa shape index (κ1) is 23.9.